The van der Waals surface area contributed by atoms with Crippen molar-refractivity contribution < 1.29 is 5.11 Å². The quantitative estimate of drug-likeness (QED) is 0.925. The first-order valence-electron chi connectivity index (χ1n) is 8.65. The van der Waals surface area contributed by atoms with Crippen LogP contribution in [-0.4, -0.2) is 47.3 Å². The average molecular weight is 321 g/mol. The highest BCUT2D eigenvalue weighted by Gasteiger charge is 2.52. The van der Waals surface area contributed by atoms with E-state index in [0.29, 0.717) is 12.1 Å². The lowest BCUT2D eigenvalue weighted by atomic mass is 9.99. The molecule has 1 atom stereocenters. The van der Waals surface area contributed by atoms with Gasteiger partial charge in [0.25, 0.3) is 0 Å². The van der Waals surface area contributed by atoms with Gasteiger partial charge < -0.3 is 10.0 Å². The highest BCUT2D eigenvalue weighted by atomic mass is 35.5. The molecule has 22 heavy (non-hydrogen) atoms. The summed E-state index contributed by atoms with van der Waals surface area (Å²) in [6.07, 6.45) is 6.80. The number of anilines is 1. The molecule has 1 unspecified atom stereocenters. The Hall–Kier alpha value is -0.770. The highest BCUT2D eigenvalue weighted by Crippen LogP contribution is 2.46. The molecule has 4 rings (SSSR count). The summed E-state index contributed by atoms with van der Waals surface area (Å²) in [5, 5.41) is 11.4. The fourth-order valence-corrected chi connectivity index (χ4v) is 4.67. The SMILES string of the molecule is OC1(C2CCCN2C2CCN(c3ccccc3Cl)CC2)CC1. The molecule has 1 saturated carbocycles. The van der Waals surface area contributed by atoms with E-state index in [1.54, 1.807) is 0 Å². The number of para-hydroxylation sites is 1. The molecular weight excluding hydrogens is 296 g/mol. The summed E-state index contributed by atoms with van der Waals surface area (Å²) in [6, 6.07) is 9.20. The van der Waals surface area contributed by atoms with Crippen molar-refractivity contribution in [1.29, 1.82) is 0 Å². The maximum absolute atomic E-state index is 10.5. The van der Waals surface area contributed by atoms with Crippen LogP contribution in [0, 0.1) is 0 Å². The maximum atomic E-state index is 10.5. The van der Waals surface area contributed by atoms with Crippen LogP contribution in [0.25, 0.3) is 0 Å². The minimum atomic E-state index is -0.351. The van der Waals surface area contributed by atoms with Gasteiger partial charge in [0.05, 0.1) is 16.3 Å². The number of hydrogen-bond donors (Lipinski definition) is 1. The summed E-state index contributed by atoms with van der Waals surface area (Å²) >= 11 is 6.33. The standard InChI is InChI=1S/C18H25ClN2O/c19-15-4-1-2-5-16(15)20-12-7-14(8-13-20)21-11-3-6-17(21)18(22)9-10-18/h1-2,4-5,14,17,22H,3,6-13H2. The van der Waals surface area contributed by atoms with Crippen LogP contribution in [0.5, 0.6) is 0 Å². The molecule has 0 amide bonds. The smallest absolute Gasteiger partial charge is 0.0804 e. The van der Waals surface area contributed by atoms with Crippen LogP contribution in [0.3, 0.4) is 0 Å². The Balaban J connectivity index is 1.41. The van der Waals surface area contributed by atoms with Gasteiger partial charge >= 0.3 is 0 Å². The van der Waals surface area contributed by atoms with Crippen molar-refractivity contribution in [3.63, 3.8) is 0 Å². The molecule has 1 aliphatic carbocycles. The van der Waals surface area contributed by atoms with Crippen molar-refractivity contribution in [3.8, 4) is 0 Å². The lowest BCUT2D eigenvalue weighted by Gasteiger charge is -2.41. The van der Waals surface area contributed by atoms with Gasteiger partial charge in [0.2, 0.25) is 0 Å². The Morgan fingerprint density at radius 1 is 1.05 bits per heavy atom. The van der Waals surface area contributed by atoms with Crippen LogP contribution in [0.4, 0.5) is 5.69 Å². The van der Waals surface area contributed by atoms with Gasteiger partial charge in [-0.05, 0) is 57.2 Å². The molecule has 0 radical (unpaired) electrons. The average Bonchev–Trinajstić information content (AvgIpc) is 3.10. The van der Waals surface area contributed by atoms with E-state index in [-0.39, 0.29) is 5.60 Å². The van der Waals surface area contributed by atoms with Crippen molar-refractivity contribution in [2.45, 2.75) is 56.2 Å². The number of benzene rings is 1. The largest absolute Gasteiger partial charge is 0.388 e. The van der Waals surface area contributed by atoms with Crippen LogP contribution in [0.1, 0.15) is 38.5 Å². The fraction of sp³-hybridized carbons (Fsp3) is 0.667. The Labute approximate surface area is 137 Å². The first kappa shape index (κ1) is 14.8. The van der Waals surface area contributed by atoms with Crippen LogP contribution in [0.2, 0.25) is 5.02 Å². The zero-order valence-corrected chi connectivity index (χ0v) is 13.8. The van der Waals surface area contributed by atoms with E-state index in [0.717, 1.165) is 31.0 Å². The molecule has 3 aliphatic rings. The molecule has 2 heterocycles. The van der Waals surface area contributed by atoms with E-state index in [4.69, 9.17) is 11.6 Å². The van der Waals surface area contributed by atoms with Gasteiger partial charge in [-0.1, -0.05) is 23.7 Å². The lowest BCUT2D eigenvalue weighted by molar-refractivity contribution is 0.0253. The van der Waals surface area contributed by atoms with Gasteiger partial charge in [-0.25, -0.2) is 0 Å². The summed E-state index contributed by atoms with van der Waals surface area (Å²) in [5.41, 5.74) is 0.817. The summed E-state index contributed by atoms with van der Waals surface area (Å²) in [7, 11) is 0. The maximum Gasteiger partial charge on any atom is 0.0804 e. The Morgan fingerprint density at radius 2 is 1.77 bits per heavy atom. The predicted molar refractivity (Wildman–Crippen MR) is 90.6 cm³/mol. The summed E-state index contributed by atoms with van der Waals surface area (Å²) in [5.74, 6) is 0. The molecule has 2 saturated heterocycles. The third kappa shape index (κ3) is 2.64. The van der Waals surface area contributed by atoms with E-state index in [1.807, 2.05) is 12.1 Å². The van der Waals surface area contributed by atoms with Gasteiger partial charge in [-0.3, -0.25) is 4.90 Å². The van der Waals surface area contributed by atoms with E-state index in [9.17, 15) is 5.11 Å². The van der Waals surface area contributed by atoms with Gasteiger partial charge in [0, 0.05) is 25.2 Å². The molecule has 4 heteroatoms. The number of aliphatic hydroxyl groups is 1. The second kappa shape index (κ2) is 5.70. The lowest BCUT2D eigenvalue weighted by Crippen LogP contribution is -2.50. The molecule has 3 nitrogen and oxygen atoms in total. The third-order valence-corrected chi connectivity index (χ3v) is 6.12. The molecule has 1 aromatic carbocycles. The molecule has 0 bridgehead atoms. The zero-order valence-electron chi connectivity index (χ0n) is 13.0. The summed E-state index contributed by atoms with van der Waals surface area (Å²) < 4.78 is 0. The molecular formula is C18H25ClN2O. The van der Waals surface area contributed by atoms with Crippen molar-refractivity contribution in [1.82, 2.24) is 4.90 Å². The minimum Gasteiger partial charge on any atom is -0.388 e. The predicted octanol–water partition coefficient (Wildman–Crippen LogP) is 3.30. The van der Waals surface area contributed by atoms with Crippen molar-refractivity contribution in [3.05, 3.63) is 29.3 Å². The second-order valence-corrected chi connectivity index (χ2v) is 7.58. The van der Waals surface area contributed by atoms with Crippen LogP contribution < -0.4 is 4.90 Å². The number of halogens is 1. The van der Waals surface area contributed by atoms with Crippen LogP contribution in [-0.2, 0) is 0 Å². The van der Waals surface area contributed by atoms with Gasteiger partial charge in [0.1, 0.15) is 0 Å². The zero-order chi connectivity index (χ0) is 15.2. The van der Waals surface area contributed by atoms with E-state index >= 15 is 0 Å². The molecule has 2 aliphatic heterocycles. The first-order chi connectivity index (χ1) is 10.7. The highest BCUT2D eigenvalue weighted by molar-refractivity contribution is 6.33. The normalized spacial score (nSPS) is 29.0. The van der Waals surface area contributed by atoms with Crippen LogP contribution in [0.15, 0.2) is 24.3 Å². The van der Waals surface area contributed by atoms with Gasteiger partial charge in [-0.2, -0.15) is 0 Å². The second-order valence-electron chi connectivity index (χ2n) is 7.17. The summed E-state index contributed by atoms with van der Waals surface area (Å²) in [4.78, 5) is 5.03. The monoisotopic (exact) mass is 320 g/mol. The Kier molecular flexibility index (Phi) is 3.83. The van der Waals surface area contributed by atoms with Crippen molar-refractivity contribution in [2.75, 3.05) is 24.5 Å². The number of likely N-dealkylation sites (tertiary alicyclic amines) is 1. The van der Waals surface area contributed by atoms with Gasteiger partial charge in [0.15, 0.2) is 0 Å². The molecule has 1 N–H and O–H groups in total. The first-order valence-corrected chi connectivity index (χ1v) is 9.03. The molecule has 0 spiro atoms. The topological polar surface area (TPSA) is 26.7 Å². The van der Waals surface area contributed by atoms with Crippen molar-refractivity contribution >= 4 is 17.3 Å². The third-order valence-electron chi connectivity index (χ3n) is 5.80. The molecule has 0 aromatic heterocycles. The number of rotatable bonds is 3. The van der Waals surface area contributed by atoms with Gasteiger partial charge in [-0.15, -0.1) is 0 Å². The molecule has 1 aromatic rings. The number of piperidine rings is 1. The molecule has 120 valence electrons. The van der Waals surface area contributed by atoms with Crippen molar-refractivity contribution in [2.24, 2.45) is 0 Å². The Bertz CT molecular complexity index is 538. The fourth-order valence-electron chi connectivity index (χ4n) is 4.41. The number of nitrogens with zero attached hydrogens (tertiary/aromatic N) is 2. The van der Waals surface area contributed by atoms with E-state index < -0.39 is 0 Å². The summed E-state index contributed by atoms with van der Waals surface area (Å²) in [6.45, 7) is 3.30. The minimum absolute atomic E-state index is 0.351. The van der Waals surface area contributed by atoms with E-state index in [1.165, 1.54) is 37.9 Å². The molecule has 3 fully saturated rings. The Morgan fingerprint density at radius 3 is 2.45 bits per heavy atom. The number of hydrogen-bond acceptors (Lipinski definition) is 3. The van der Waals surface area contributed by atoms with Crippen LogP contribution >= 0.6 is 11.6 Å². The van der Waals surface area contributed by atoms with E-state index in [2.05, 4.69) is 21.9 Å².